The molecule has 0 bridgehead atoms. The van der Waals surface area contributed by atoms with E-state index >= 15 is 0 Å². The van der Waals surface area contributed by atoms with E-state index in [9.17, 15) is 0 Å². The lowest BCUT2D eigenvalue weighted by Gasteiger charge is -2.21. The molecule has 0 spiro atoms. The molecule has 1 N–H and O–H groups in total. The topological polar surface area (TPSA) is 12.0 Å². The van der Waals surface area contributed by atoms with Crippen molar-refractivity contribution in [1.82, 2.24) is 5.32 Å². The third-order valence-corrected chi connectivity index (χ3v) is 4.10. The number of benzene rings is 1. The first-order valence-corrected chi connectivity index (χ1v) is 8.44. The summed E-state index contributed by atoms with van der Waals surface area (Å²) in [7, 11) is 0. The first kappa shape index (κ1) is 17.2. The van der Waals surface area contributed by atoms with Crippen molar-refractivity contribution in [2.45, 2.75) is 84.7 Å². The van der Waals surface area contributed by atoms with Gasteiger partial charge in [-0.25, -0.2) is 0 Å². The van der Waals surface area contributed by atoms with Gasteiger partial charge in [-0.15, -0.1) is 0 Å². The number of nitrogens with one attached hydrogen (secondary N) is 1. The molecular weight excluding hydrogens is 242 g/mol. The molecule has 1 aromatic rings. The fraction of sp³-hybridized carbons (Fsp3) is 0.684. The molecule has 0 fully saturated rings. The molecule has 114 valence electrons. The maximum atomic E-state index is 3.75. The summed E-state index contributed by atoms with van der Waals surface area (Å²) >= 11 is 0. The number of hydrogen-bond donors (Lipinski definition) is 1. The zero-order valence-electron chi connectivity index (χ0n) is 13.9. The Morgan fingerprint density at radius 3 is 2.35 bits per heavy atom. The molecule has 2 atom stereocenters. The number of aryl methyl sites for hydroxylation is 1. The van der Waals surface area contributed by atoms with Crippen molar-refractivity contribution in [1.29, 1.82) is 0 Å². The second-order valence-corrected chi connectivity index (χ2v) is 6.30. The molecule has 0 aliphatic carbocycles. The van der Waals surface area contributed by atoms with Gasteiger partial charge in [-0.1, -0.05) is 63.3 Å². The molecule has 0 heterocycles. The van der Waals surface area contributed by atoms with E-state index < -0.39 is 0 Å². The smallest absolute Gasteiger partial charge is 0.00817 e. The molecule has 2 unspecified atom stereocenters. The van der Waals surface area contributed by atoms with Crippen LogP contribution in [0.25, 0.3) is 0 Å². The monoisotopic (exact) mass is 275 g/mol. The van der Waals surface area contributed by atoms with E-state index in [2.05, 4.69) is 57.3 Å². The Morgan fingerprint density at radius 1 is 0.950 bits per heavy atom. The van der Waals surface area contributed by atoms with Crippen molar-refractivity contribution in [3.8, 4) is 0 Å². The van der Waals surface area contributed by atoms with E-state index in [4.69, 9.17) is 0 Å². The molecule has 0 aliphatic heterocycles. The van der Waals surface area contributed by atoms with Crippen molar-refractivity contribution in [2.24, 2.45) is 0 Å². The number of rotatable bonds is 10. The highest BCUT2D eigenvalue weighted by atomic mass is 14.9. The Bertz CT molecular complexity index is 359. The average molecular weight is 275 g/mol. The van der Waals surface area contributed by atoms with Crippen LogP contribution in [0.2, 0.25) is 0 Å². The predicted octanol–water partition coefficient (Wildman–Crippen LogP) is 5.26. The van der Waals surface area contributed by atoms with Gasteiger partial charge in [-0.05, 0) is 44.7 Å². The molecule has 1 aromatic carbocycles. The molecule has 0 aromatic heterocycles. The summed E-state index contributed by atoms with van der Waals surface area (Å²) in [5.41, 5.74) is 2.89. The van der Waals surface area contributed by atoms with Gasteiger partial charge in [0, 0.05) is 12.1 Å². The molecule has 0 aliphatic rings. The van der Waals surface area contributed by atoms with Crippen molar-refractivity contribution < 1.29 is 0 Å². The molecule has 20 heavy (non-hydrogen) atoms. The van der Waals surface area contributed by atoms with Gasteiger partial charge in [-0.2, -0.15) is 0 Å². The Morgan fingerprint density at radius 2 is 1.65 bits per heavy atom. The lowest BCUT2D eigenvalue weighted by molar-refractivity contribution is 0.427. The average Bonchev–Trinajstić information content (AvgIpc) is 2.41. The minimum atomic E-state index is 0.557. The van der Waals surface area contributed by atoms with Crippen LogP contribution >= 0.6 is 0 Å². The van der Waals surface area contributed by atoms with Gasteiger partial charge in [0.2, 0.25) is 0 Å². The summed E-state index contributed by atoms with van der Waals surface area (Å²) in [5.74, 6) is 0. The van der Waals surface area contributed by atoms with Crippen LogP contribution in [0.4, 0.5) is 0 Å². The summed E-state index contributed by atoms with van der Waals surface area (Å²) in [4.78, 5) is 0. The third-order valence-electron chi connectivity index (χ3n) is 4.10. The van der Waals surface area contributed by atoms with Gasteiger partial charge in [0.1, 0.15) is 0 Å². The van der Waals surface area contributed by atoms with Crippen molar-refractivity contribution in [2.75, 3.05) is 0 Å². The Balaban J connectivity index is 2.21. The highest BCUT2D eigenvalue weighted by Gasteiger charge is 2.09. The first-order chi connectivity index (χ1) is 9.63. The molecule has 0 amide bonds. The lowest BCUT2D eigenvalue weighted by Crippen LogP contribution is -2.36. The standard InChI is InChI=1S/C19H33N/c1-5-6-7-8-9-13-17(3)20-18(4)15-19-14-11-10-12-16(19)2/h10-12,14,17-18,20H,5-9,13,15H2,1-4H3. The van der Waals surface area contributed by atoms with Crippen LogP contribution in [-0.2, 0) is 6.42 Å². The zero-order chi connectivity index (χ0) is 14.8. The van der Waals surface area contributed by atoms with Crippen LogP contribution in [-0.4, -0.2) is 12.1 Å². The Hall–Kier alpha value is -0.820. The van der Waals surface area contributed by atoms with E-state index in [1.54, 1.807) is 0 Å². The fourth-order valence-electron chi connectivity index (χ4n) is 2.85. The van der Waals surface area contributed by atoms with Gasteiger partial charge in [0.25, 0.3) is 0 Å². The highest BCUT2D eigenvalue weighted by molar-refractivity contribution is 5.26. The quantitative estimate of drug-likeness (QED) is 0.574. The summed E-state index contributed by atoms with van der Waals surface area (Å²) < 4.78 is 0. The van der Waals surface area contributed by atoms with E-state index in [1.165, 1.54) is 49.7 Å². The SMILES string of the molecule is CCCCCCCC(C)NC(C)Cc1ccccc1C. The Labute approximate surface area is 126 Å². The molecular formula is C19H33N. The van der Waals surface area contributed by atoms with Gasteiger partial charge in [0.05, 0.1) is 0 Å². The minimum absolute atomic E-state index is 0.557. The normalized spacial score (nSPS) is 14.2. The zero-order valence-corrected chi connectivity index (χ0v) is 13.9. The molecule has 0 saturated carbocycles. The van der Waals surface area contributed by atoms with Crippen molar-refractivity contribution in [3.63, 3.8) is 0 Å². The van der Waals surface area contributed by atoms with Gasteiger partial charge in [0.15, 0.2) is 0 Å². The molecule has 1 rings (SSSR count). The second kappa shape index (κ2) is 9.99. The van der Waals surface area contributed by atoms with Crippen molar-refractivity contribution >= 4 is 0 Å². The van der Waals surface area contributed by atoms with E-state index in [-0.39, 0.29) is 0 Å². The third kappa shape index (κ3) is 7.09. The van der Waals surface area contributed by atoms with Crippen LogP contribution in [0, 0.1) is 6.92 Å². The van der Waals surface area contributed by atoms with Crippen LogP contribution < -0.4 is 5.32 Å². The van der Waals surface area contributed by atoms with Crippen LogP contribution in [0.15, 0.2) is 24.3 Å². The van der Waals surface area contributed by atoms with Crippen LogP contribution in [0.1, 0.15) is 70.4 Å². The molecule has 0 radical (unpaired) electrons. The summed E-state index contributed by atoms with van der Waals surface area (Å²) in [5, 5.41) is 3.75. The summed E-state index contributed by atoms with van der Waals surface area (Å²) in [6.07, 6.45) is 9.33. The summed E-state index contributed by atoms with van der Waals surface area (Å²) in [6, 6.07) is 9.92. The lowest BCUT2D eigenvalue weighted by atomic mass is 10.0. The number of hydrogen-bond acceptors (Lipinski definition) is 1. The van der Waals surface area contributed by atoms with Crippen LogP contribution in [0.5, 0.6) is 0 Å². The maximum absolute atomic E-state index is 3.75. The second-order valence-electron chi connectivity index (χ2n) is 6.30. The van der Waals surface area contributed by atoms with E-state index in [0.717, 1.165) is 6.42 Å². The predicted molar refractivity (Wildman–Crippen MR) is 90.3 cm³/mol. The minimum Gasteiger partial charge on any atom is -0.311 e. The molecule has 0 saturated heterocycles. The van der Waals surface area contributed by atoms with Gasteiger partial charge >= 0.3 is 0 Å². The van der Waals surface area contributed by atoms with Crippen LogP contribution in [0.3, 0.4) is 0 Å². The first-order valence-electron chi connectivity index (χ1n) is 8.44. The molecule has 1 nitrogen and oxygen atoms in total. The fourth-order valence-corrected chi connectivity index (χ4v) is 2.85. The van der Waals surface area contributed by atoms with E-state index in [1.807, 2.05) is 0 Å². The summed E-state index contributed by atoms with van der Waals surface area (Å²) in [6.45, 7) is 9.12. The molecule has 1 heteroatoms. The van der Waals surface area contributed by atoms with Gasteiger partial charge in [-0.3, -0.25) is 0 Å². The van der Waals surface area contributed by atoms with Gasteiger partial charge < -0.3 is 5.32 Å². The number of unbranched alkanes of at least 4 members (excludes halogenated alkanes) is 4. The highest BCUT2D eigenvalue weighted by Crippen LogP contribution is 2.11. The Kier molecular flexibility index (Phi) is 8.60. The van der Waals surface area contributed by atoms with Crippen molar-refractivity contribution in [3.05, 3.63) is 35.4 Å². The van der Waals surface area contributed by atoms with E-state index in [0.29, 0.717) is 12.1 Å². The largest absolute Gasteiger partial charge is 0.311 e. The maximum Gasteiger partial charge on any atom is 0.00817 e.